The smallest absolute Gasteiger partial charge is 0.228 e. The Bertz CT molecular complexity index is 456. The molecule has 0 radical (unpaired) electrons. The number of carbonyl (C=O) groups is 1. The van der Waals surface area contributed by atoms with Gasteiger partial charge in [-0.3, -0.25) is 4.79 Å². The van der Waals surface area contributed by atoms with Gasteiger partial charge < -0.3 is 15.1 Å². The summed E-state index contributed by atoms with van der Waals surface area (Å²) in [4.78, 5) is 15.6. The number of hydrogen-bond donors (Lipinski definition) is 2. The van der Waals surface area contributed by atoms with Crippen molar-refractivity contribution in [2.45, 2.75) is 162 Å². The Morgan fingerprint density at radius 2 is 1.06 bits per heavy atom. The van der Waals surface area contributed by atoms with Gasteiger partial charge in [-0.25, -0.2) is 0 Å². The molecule has 0 heterocycles. The number of nitrogens with zero attached hydrogens (tertiary/aromatic N) is 1. The van der Waals surface area contributed by atoms with Crippen LogP contribution in [0.25, 0.3) is 0 Å². The maximum Gasteiger partial charge on any atom is 0.228 e. The van der Waals surface area contributed by atoms with Crippen molar-refractivity contribution in [2.24, 2.45) is 5.41 Å². The quantitative estimate of drug-likeness (QED) is 0.129. The number of amides is 1. The van der Waals surface area contributed by atoms with E-state index in [4.69, 9.17) is 0 Å². The van der Waals surface area contributed by atoms with E-state index < -0.39 is 6.10 Å². The highest BCUT2D eigenvalue weighted by molar-refractivity contribution is 5.82. The van der Waals surface area contributed by atoms with E-state index in [1.807, 2.05) is 11.8 Å². The van der Waals surface area contributed by atoms with Crippen molar-refractivity contribution in [3.05, 3.63) is 0 Å². The topological polar surface area (TPSA) is 60.8 Å². The minimum atomic E-state index is -0.852. The first-order chi connectivity index (χ1) is 16.5. The monoisotopic (exact) mass is 483 g/mol. The molecule has 0 aliphatic heterocycles. The highest BCUT2D eigenvalue weighted by Gasteiger charge is 2.39. The average molecular weight is 484 g/mol. The molecule has 0 saturated heterocycles. The van der Waals surface area contributed by atoms with Gasteiger partial charge in [0.1, 0.15) is 0 Å². The fourth-order valence-electron chi connectivity index (χ4n) is 5.37. The second-order valence-corrected chi connectivity index (χ2v) is 10.7. The Balaban J connectivity index is 4.91. The molecule has 0 fully saturated rings. The average Bonchev–Trinajstić information content (AvgIpc) is 2.85. The Kier molecular flexibility index (Phi) is 22.4. The van der Waals surface area contributed by atoms with E-state index in [9.17, 15) is 15.0 Å². The number of hydrogen-bond acceptors (Lipinski definition) is 3. The number of unbranched alkanes of at least 4 members (excludes halogenated alkanes) is 14. The van der Waals surface area contributed by atoms with Crippen molar-refractivity contribution in [3.8, 4) is 0 Å². The molecular formula is C30H61NO3. The van der Waals surface area contributed by atoms with Gasteiger partial charge in [-0.1, -0.05) is 130 Å². The zero-order chi connectivity index (χ0) is 25.5. The van der Waals surface area contributed by atoms with Gasteiger partial charge in [-0.05, 0) is 26.2 Å². The van der Waals surface area contributed by atoms with Gasteiger partial charge in [0.25, 0.3) is 0 Å². The molecule has 0 aromatic heterocycles. The second kappa shape index (κ2) is 22.8. The van der Waals surface area contributed by atoms with Crippen LogP contribution in [0.5, 0.6) is 0 Å². The van der Waals surface area contributed by atoms with E-state index in [1.54, 1.807) is 0 Å². The maximum atomic E-state index is 13.8. The number of carbonyl (C=O) groups excluding carboxylic acids is 1. The van der Waals surface area contributed by atoms with Crippen LogP contribution in [-0.4, -0.2) is 46.8 Å². The van der Waals surface area contributed by atoms with Crippen LogP contribution in [0, 0.1) is 5.41 Å². The summed E-state index contributed by atoms with van der Waals surface area (Å²) in [7, 11) is 0. The third-order valence-electron chi connectivity index (χ3n) is 7.51. The lowest BCUT2D eigenvalue weighted by molar-refractivity contribution is -0.145. The molecule has 2 atom stereocenters. The molecule has 0 aliphatic carbocycles. The van der Waals surface area contributed by atoms with Crippen molar-refractivity contribution >= 4 is 5.91 Å². The second-order valence-electron chi connectivity index (χ2n) is 10.7. The molecule has 2 N–H and O–H groups in total. The van der Waals surface area contributed by atoms with Crippen LogP contribution in [0.4, 0.5) is 0 Å². The zero-order valence-corrected chi connectivity index (χ0v) is 23.6. The Labute approximate surface area is 213 Å². The molecular weight excluding hydrogens is 422 g/mol. The number of likely N-dealkylation sites (N-methyl/N-ethyl adjacent to an activating group) is 1. The van der Waals surface area contributed by atoms with Gasteiger partial charge in [0, 0.05) is 18.5 Å². The molecule has 34 heavy (non-hydrogen) atoms. The predicted octanol–water partition coefficient (Wildman–Crippen LogP) is 8.04. The Hall–Kier alpha value is -0.610. The van der Waals surface area contributed by atoms with Crippen molar-refractivity contribution in [1.82, 2.24) is 4.90 Å². The van der Waals surface area contributed by atoms with Crippen LogP contribution >= 0.6 is 0 Å². The van der Waals surface area contributed by atoms with Gasteiger partial charge in [-0.2, -0.15) is 0 Å². The van der Waals surface area contributed by atoms with Crippen molar-refractivity contribution < 1.29 is 15.0 Å². The van der Waals surface area contributed by atoms with Crippen LogP contribution < -0.4 is 0 Å². The zero-order valence-electron chi connectivity index (χ0n) is 23.6. The lowest BCUT2D eigenvalue weighted by Crippen LogP contribution is -2.47. The highest BCUT2D eigenvalue weighted by atomic mass is 16.3. The summed E-state index contributed by atoms with van der Waals surface area (Å²) >= 11 is 0. The van der Waals surface area contributed by atoms with Gasteiger partial charge in [0.15, 0.2) is 0 Å². The van der Waals surface area contributed by atoms with E-state index in [1.165, 1.54) is 89.9 Å². The molecule has 0 aromatic carbocycles. The van der Waals surface area contributed by atoms with Gasteiger partial charge in [0.05, 0.1) is 12.7 Å². The lowest BCUT2D eigenvalue weighted by Gasteiger charge is -2.38. The first-order valence-corrected chi connectivity index (χ1v) is 15.1. The van der Waals surface area contributed by atoms with Crippen LogP contribution in [0.2, 0.25) is 0 Å². The van der Waals surface area contributed by atoms with E-state index in [0.29, 0.717) is 6.54 Å². The molecule has 0 rings (SSSR count). The largest absolute Gasteiger partial charge is 0.394 e. The third kappa shape index (κ3) is 15.4. The molecule has 2 unspecified atom stereocenters. The summed E-state index contributed by atoms with van der Waals surface area (Å²) in [6, 6.07) is 0. The van der Waals surface area contributed by atoms with Crippen LogP contribution in [0.15, 0.2) is 0 Å². The fraction of sp³-hybridized carbons (Fsp3) is 0.967. The Morgan fingerprint density at radius 1 is 0.647 bits per heavy atom. The van der Waals surface area contributed by atoms with Crippen molar-refractivity contribution in [3.63, 3.8) is 0 Å². The van der Waals surface area contributed by atoms with Crippen LogP contribution in [0.1, 0.15) is 156 Å². The fourth-order valence-corrected chi connectivity index (χ4v) is 5.37. The van der Waals surface area contributed by atoms with Gasteiger partial charge in [-0.15, -0.1) is 0 Å². The number of rotatable bonds is 25. The molecule has 204 valence electrons. The molecule has 0 bridgehead atoms. The summed E-state index contributed by atoms with van der Waals surface area (Å²) in [5.41, 5.74) is -0.301. The Morgan fingerprint density at radius 3 is 1.41 bits per heavy atom. The summed E-state index contributed by atoms with van der Waals surface area (Å²) in [5.74, 6) is 0.217. The molecule has 0 saturated carbocycles. The summed E-state index contributed by atoms with van der Waals surface area (Å²) < 4.78 is 0. The minimum Gasteiger partial charge on any atom is -0.394 e. The molecule has 1 amide bonds. The molecule has 4 nitrogen and oxygen atoms in total. The van der Waals surface area contributed by atoms with Crippen molar-refractivity contribution in [2.75, 3.05) is 19.7 Å². The van der Waals surface area contributed by atoms with Crippen LogP contribution in [0.3, 0.4) is 0 Å². The van der Waals surface area contributed by atoms with Gasteiger partial charge >= 0.3 is 0 Å². The summed E-state index contributed by atoms with van der Waals surface area (Å²) in [5, 5.41) is 19.3. The first-order valence-electron chi connectivity index (χ1n) is 15.1. The third-order valence-corrected chi connectivity index (χ3v) is 7.51. The van der Waals surface area contributed by atoms with E-state index in [-0.39, 0.29) is 24.5 Å². The standard InChI is InChI=1S/C30H61NO3/c1-5-9-11-13-15-16-17-18-20-22-25-30(23-7-3,24-21-19-14-12-10-6-2)29(34)31(8-4)26-28(33)27-32/h28,32-33H,5-27H2,1-4H3. The molecule has 0 aromatic rings. The number of aliphatic hydroxyl groups excluding tert-OH is 2. The molecule has 0 spiro atoms. The lowest BCUT2D eigenvalue weighted by atomic mass is 9.73. The van der Waals surface area contributed by atoms with E-state index >= 15 is 0 Å². The predicted molar refractivity (Wildman–Crippen MR) is 147 cm³/mol. The van der Waals surface area contributed by atoms with E-state index in [0.717, 1.165) is 38.5 Å². The maximum absolute atomic E-state index is 13.8. The van der Waals surface area contributed by atoms with E-state index in [2.05, 4.69) is 20.8 Å². The SMILES string of the molecule is CCCCCCCCCCCCC(CCC)(CCCCCCCC)C(=O)N(CC)CC(O)CO. The number of aliphatic hydroxyl groups is 2. The minimum absolute atomic E-state index is 0.217. The first kappa shape index (κ1) is 33.4. The summed E-state index contributed by atoms with van der Waals surface area (Å²) in [6.07, 6.45) is 23.6. The molecule has 0 aliphatic rings. The highest BCUT2D eigenvalue weighted by Crippen LogP contribution is 2.39. The molecule has 4 heteroatoms. The van der Waals surface area contributed by atoms with Gasteiger partial charge in [0.2, 0.25) is 5.91 Å². The van der Waals surface area contributed by atoms with Crippen molar-refractivity contribution in [1.29, 1.82) is 0 Å². The van der Waals surface area contributed by atoms with Crippen LogP contribution in [-0.2, 0) is 4.79 Å². The summed E-state index contributed by atoms with van der Waals surface area (Å²) in [6.45, 7) is 9.24. The normalized spacial score (nSPS) is 14.2.